The second-order valence-electron chi connectivity index (χ2n) is 9.05. The van der Waals surface area contributed by atoms with E-state index in [1.54, 1.807) is 16.8 Å². The molecule has 0 bridgehead atoms. The van der Waals surface area contributed by atoms with E-state index in [4.69, 9.17) is 0 Å². The third-order valence-electron chi connectivity index (χ3n) is 6.88. The molecule has 0 saturated carbocycles. The van der Waals surface area contributed by atoms with E-state index >= 15 is 0 Å². The Hall–Kier alpha value is -0.980. The number of benzene rings is 1. The summed E-state index contributed by atoms with van der Waals surface area (Å²) in [5.41, 5.74) is 7.70. The van der Waals surface area contributed by atoms with Crippen LogP contribution in [0.2, 0.25) is 0 Å². The lowest BCUT2D eigenvalue weighted by atomic mass is 9.71. The molecule has 1 aromatic carbocycles. The van der Waals surface area contributed by atoms with Crippen LogP contribution in [0.4, 0.5) is 5.69 Å². The van der Waals surface area contributed by atoms with Crippen LogP contribution in [0.5, 0.6) is 0 Å². The molecule has 0 saturated heterocycles. The van der Waals surface area contributed by atoms with Gasteiger partial charge in [0.1, 0.15) is 0 Å². The Morgan fingerprint density at radius 3 is 2.04 bits per heavy atom. The van der Waals surface area contributed by atoms with Gasteiger partial charge in [0.15, 0.2) is 0 Å². The Labute approximate surface area is 150 Å². The number of anilines is 1. The molecule has 136 valence electrons. The summed E-state index contributed by atoms with van der Waals surface area (Å²) in [5.74, 6) is 3.36. The van der Waals surface area contributed by atoms with Gasteiger partial charge in [0.25, 0.3) is 0 Å². The molecule has 0 N–H and O–H groups in total. The zero-order valence-corrected chi connectivity index (χ0v) is 17.7. The maximum Gasteiger partial charge on any atom is 0.0442 e. The smallest absolute Gasteiger partial charge is 0.0442 e. The van der Waals surface area contributed by atoms with Crippen LogP contribution < -0.4 is 4.90 Å². The van der Waals surface area contributed by atoms with Gasteiger partial charge >= 0.3 is 0 Å². The second kappa shape index (κ2) is 7.10. The fourth-order valence-corrected chi connectivity index (χ4v) is 4.55. The van der Waals surface area contributed by atoms with E-state index < -0.39 is 0 Å². The third kappa shape index (κ3) is 3.24. The van der Waals surface area contributed by atoms with Crippen LogP contribution in [0.3, 0.4) is 0 Å². The summed E-state index contributed by atoms with van der Waals surface area (Å²) in [5, 5.41) is 0. The van der Waals surface area contributed by atoms with E-state index in [0.29, 0.717) is 23.8 Å². The first-order valence-corrected chi connectivity index (χ1v) is 9.98. The van der Waals surface area contributed by atoms with Crippen LogP contribution in [-0.4, -0.2) is 12.6 Å². The highest BCUT2D eigenvalue weighted by molar-refractivity contribution is 5.67. The number of nitrogens with zero attached hydrogens (tertiary/aromatic N) is 1. The lowest BCUT2D eigenvalue weighted by Gasteiger charge is -2.44. The van der Waals surface area contributed by atoms with Crippen molar-refractivity contribution in [2.24, 2.45) is 17.8 Å². The first-order valence-electron chi connectivity index (χ1n) is 9.98. The van der Waals surface area contributed by atoms with Gasteiger partial charge in [-0.25, -0.2) is 0 Å². The first-order chi connectivity index (χ1) is 11.1. The molecule has 0 radical (unpaired) electrons. The number of aryl methyl sites for hydroxylation is 1. The highest BCUT2D eigenvalue weighted by Crippen LogP contribution is 2.46. The highest BCUT2D eigenvalue weighted by Gasteiger charge is 2.35. The molecule has 2 rings (SSSR count). The zero-order valence-electron chi connectivity index (χ0n) is 17.7. The summed E-state index contributed by atoms with van der Waals surface area (Å²) in [6.07, 6.45) is 0. The summed E-state index contributed by atoms with van der Waals surface area (Å²) in [4.78, 5) is 2.71. The highest BCUT2D eigenvalue weighted by atomic mass is 15.2. The number of rotatable bonds is 2. The standard InChI is InChI=1S/C23H39N/c1-13(2)21-11-15(5)18(8)22-20(10)19(9)17(7)16(6)12-24(14(3)4)23(21)22/h11,13-14,16-17,19-20H,12H2,1-10H3/t16-,17-,19-,20-/m0/s1. The Morgan fingerprint density at radius 2 is 1.54 bits per heavy atom. The Balaban J connectivity index is 2.83. The molecular weight excluding hydrogens is 290 g/mol. The van der Waals surface area contributed by atoms with Gasteiger partial charge in [0.05, 0.1) is 0 Å². The molecule has 1 nitrogen and oxygen atoms in total. The van der Waals surface area contributed by atoms with Crippen molar-refractivity contribution in [1.82, 2.24) is 0 Å². The van der Waals surface area contributed by atoms with Gasteiger partial charge < -0.3 is 4.90 Å². The summed E-state index contributed by atoms with van der Waals surface area (Å²) in [6, 6.07) is 3.00. The van der Waals surface area contributed by atoms with Gasteiger partial charge in [-0.1, -0.05) is 47.6 Å². The minimum Gasteiger partial charge on any atom is -0.368 e. The molecule has 0 spiro atoms. The van der Waals surface area contributed by atoms with Crippen molar-refractivity contribution in [3.05, 3.63) is 28.3 Å². The van der Waals surface area contributed by atoms with E-state index in [1.807, 2.05) is 0 Å². The first kappa shape index (κ1) is 19.3. The van der Waals surface area contributed by atoms with Crippen LogP contribution in [0.15, 0.2) is 6.07 Å². The lowest BCUT2D eigenvalue weighted by molar-refractivity contribution is 0.242. The molecule has 0 aromatic heterocycles. The number of hydrogen-bond acceptors (Lipinski definition) is 1. The summed E-state index contributed by atoms with van der Waals surface area (Å²) < 4.78 is 0. The molecule has 1 aliphatic rings. The monoisotopic (exact) mass is 329 g/mol. The van der Waals surface area contributed by atoms with Crippen molar-refractivity contribution in [1.29, 1.82) is 0 Å². The van der Waals surface area contributed by atoms with Crippen molar-refractivity contribution in [2.45, 2.75) is 87.1 Å². The van der Waals surface area contributed by atoms with Crippen LogP contribution >= 0.6 is 0 Å². The van der Waals surface area contributed by atoms with E-state index in [2.05, 4.69) is 80.2 Å². The maximum absolute atomic E-state index is 2.71. The predicted octanol–water partition coefficient (Wildman–Crippen LogP) is 6.67. The van der Waals surface area contributed by atoms with Crippen LogP contribution in [0, 0.1) is 31.6 Å². The van der Waals surface area contributed by atoms with E-state index in [0.717, 1.165) is 11.8 Å². The minimum atomic E-state index is 0.540. The van der Waals surface area contributed by atoms with Crippen LogP contribution in [0.25, 0.3) is 0 Å². The summed E-state index contributed by atoms with van der Waals surface area (Å²) >= 11 is 0. The Morgan fingerprint density at radius 1 is 0.958 bits per heavy atom. The second-order valence-corrected chi connectivity index (χ2v) is 9.05. The van der Waals surface area contributed by atoms with Crippen LogP contribution in [0.1, 0.15) is 89.5 Å². The Kier molecular flexibility index (Phi) is 5.72. The molecule has 0 fully saturated rings. The van der Waals surface area contributed by atoms with Gasteiger partial charge in [-0.05, 0) is 79.5 Å². The molecule has 4 atom stereocenters. The molecule has 1 aliphatic heterocycles. The van der Waals surface area contributed by atoms with Gasteiger partial charge in [-0.2, -0.15) is 0 Å². The van der Waals surface area contributed by atoms with Crippen molar-refractivity contribution < 1.29 is 0 Å². The Bertz CT molecular complexity index is 584. The van der Waals surface area contributed by atoms with Crippen molar-refractivity contribution in [3.8, 4) is 0 Å². The minimum absolute atomic E-state index is 0.540. The molecule has 1 aromatic rings. The predicted molar refractivity (Wildman–Crippen MR) is 108 cm³/mol. The zero-order chi connectivity index (χ0) is 18.3. The largest absolute Gasteiger partial charge is 0.368 e. The maximum atomic E-state index is 2.71. The average molecular weight is 330 g/mol. The van der Waals surface area contributed by atoms with E-state index in [9.17, 15) is 0 Å². The van der Waals surface area contributed by atoms with Crippen molar-refractivity contribution >= 4 is 5.69 Å². The van der Waals surface area contributed by atoms with Gasteiger partial charge in [-0.3, -0.25) is 0 Å². The lowest BCUT2D eigenvalue weighted by Crippen LogP contribution is -2.41. The van der Waals surface area contributed by atoms with Crippen LogP contribution in [-0.2, 0) is 0 Å². The molecule has 1 heteroatoms. The molecule has 1 heterocycles. The molecule has 24 heavy (non-hydrogen) atoms. The fourth-order valence-electron chi connectivity index (χ4n) is 4.55. The summed E-state index contributed by atoms with van der Waals surface area (Å²) in [7, 11) is 0. The SMILES string of the molecule is Cc1cc(C(C)C)c2c(c1C)[C@@H](C)[C@@H](C)[C@@H](C)[C@@H](C)CN2C(C)C. The quantitative estimate of drug-likeness (QED) is 0.586. The topological polar surface area (TPSA) is 3.24 Å². The number of hydrogen-bond donors (Lipinski definition) is 0. The van der Waals surface area contributed by atoms with Crippen molar-refractivity contribution in [3.63, 3.8) is 0 Å². The molecular formula is C23H39N. The van der Waals surface area contributed by atoms with Gasteiger partial charge in [0, 0.05) is 18.3 Å². The average Bonchev–Trinajstić information content (AvgIpc) is 2.51. The molecule has 0 aliphatic carbocycles. The van der Waals surface area contributed by atoms with Gasteiger partial charge in [0.2, 0.25) is 0 Å². The molecule has 0 unspecified atom stereocenters. The van der Waals surface area contributed by atoms with Crippen molar-refractivity contribution in [2.75, 3.05) is 11.4 Å². The fraction of sp³-hybridized carbons (Fsp3) is 0.739. The van der Waals surface area contributed by atoms with E-state index in [-0.39, 0.29) is 0 Å². The third-order valence-corrected chi connectivity index (χ3v) is 6.88. The molecule has 0 amide bonds. The van der Waals surface area contributed by atoms with Gasteiger partial charge in [-0.15, -0.1) is 0 Å². The number of fused-ring (bicyclic) bond motifs is 1. The summed E-state index contributed by atoms with van der Waals surface area (Å²) in [6.45, 7) is 25.1. The normalized spacial score (nSPS) is 28.1. The van der Waals surface area contributed by atoms with E-state index in [1.165, 1.54) is 17.7 Å².